The zero-order chi connectivity index (χ0) is 19.8. The number of hydrogen-bond acceptors (Lipinski definition) is 6. The lowest BCUT2D eigenvalue weighted by Crippen LogP contribution is -2.20. The number of aliphatic carboxylic acids is 1. The highest BCUT2D eigenvalue weighted by Crippen LogP contribution is 2.21. The molecular formula is C17H14IN3O6. The third-order valence-electron chi connectivity index (χ3n) is 3.25. The normalized spacial score (nSPS) is 10.6. The van der Waals surface area contributed by atoms with E-state index in [2.05, 4.69) is 10.5 Å². The lowest BCUT2D eigenvalue weighted by atomic mass is 10.1. The van der Waals surface area contributed by atoms with Gasteiger partial charge in [-0.2, -0.15) is 5.10 Å². The number of para-hydroxylation sites is 1. The molecule has 2 aromatic rings. The first kappa shape index (κ1) is 20.3. The topological polar surface area (TPSA) is 131 Å². The number of ether oxygens (including phenoxy) is 1. The van der Waals surface area contributed by atoms with Crippen LogP contribution in [0.3, 0.4) is 0 Å². The fourth-order valence-corrected chi connectivity index (χ4v) is 2.78. The van der Waals surface area contributed by atoms with Crippen molar-refractivity contribution in [1.82, 2.24) is 5.43 Å². The molecule has 0 spiro atoms. The maximum atomic E-state index is 11.9. The molecule has 2 aromatic carbocycles. The summed E-state index contributed by atoms with van der Waals surface area (Å²) in [5.74, 6) is -1.13. The Morgan fingerprint density at radius 1 is 1.30 bits per heavy atom. The van der Waals surface area contributed by atoms with Crippen LogP contribution in [-0.4, -0.2) is 34.7 Å². The van der Waals surface area contributed by atoms with Crippen LogP contribution < -0.4 is 10.2 Å². The Morgan fingerprint density at radius 3 is 2.70 bits per heavy atom. The van der Waals surface area contributed by atoms with Gasteiger partial charge in [0.15, 0.2) is 6.61 Å². The van der Waals surface area contributed by atoms with E-state index in [0.717, 1.165) is 0 Å². The van der Waals surface area contributed by atoms with Crippen molar-refractivity contribution in [2.75, 3.05) is 6.61 Å². The molecule has 0 radical (unpaired) electrons. The van der Waals surface area contributed by atoms with Crippen LogP contribution in [0.4, 0.5) is 5.69 Å². The molecule has 27 heavy (non-hydrogen) atoms. The van der Waals surface area contributed by atoms with Gasteiger partial charge in [-0.3, -0.25) is 14.9 Å². The van der Waals surface area contributed by atoms with E-state index in [4.69, 9.17) is 9.84 Å². The van der Waals surface area contributed by atoms with Gasteiger partial charge in [0.05, 0.1) is 21.1 Å². The molecule has 0 aromatic heterocycles. The van der Waals surface area contributed by atoms with E-state index in [0.29, 0.717) is 20.4 Å². The molecule has 10 heteroatoms. The molecule has 0 heterocycles. The quantitative estimate of drug-likeness (QED) is 0.257. The van der Waals surface area contributed by atoms with Crippen molar-refractivity contribution >= 4 is 46.4 Å². The third kappa shape index (κ3) is 6.33. The Morgan fingerprint density at radius 2 is 2.04 bits per heavy atom. The van der Waals surface area contributed by atoms with Gasteiger partial charge < -0.3 is 9.84 Å². The van der Waals surface area contributed by atoms with Crippen molar-refractivity contribution in [2.24, 2.45) is 5.10 Å². The third-order valence-corrected chi connectivity index (χ3v) is 4.09. The summed E-state index contributed by atoms with van der Waals surface area (Å²) in [5, 5.41) is 23.4. The van der Waals surface area contributed by atoms with Crippen LogP contribution in [0.15, 0.2) is 47.6 Å². The minimum absolute atomic E-state index is 0.122. The number of carbonyl (C=O) groups excluding carboxylic acids is 1. The number of hydrazone groups is 1. The van der Waals surface area contributed by atoms with Crippen molar-refractivity contribution in [3.8, 4) is 5.75 Å². The zero-order valence-electron chi connectivity index (χ0n) is 13.8. The van der Waals surface area contributed by atoms with E-state index >= 15 is 0 Å². The molecule has 2 rings (SSSR count). The standard InChI is InChI=1S/C17H14IN3O6/c18-13-7-11(5-6-15(13)27-10-17(23)24)9-19-20-16(22)8-12-3-1-2-4-14(12)21(25)26/h1-7,9H,8,10H2,(H,20,22)(H,23,24). The Labute approximate surface area is 167 Å². The highest BCUT2D eigenvalue weighted by atomic mass is 127. The minimum atomic E-state index is -1.07. The first-order valence-electron chi connectivity index (χ1n) is 7.55. The van der Waals surface area contributed by atoms with Crippen LogP contribution in [0.25, 0.3) is 0 Å². The van der Waals surface area contributed by atoms with Gasteiger partial charge in [-0.1, -0.05) is 18.2 Å². The van der Waals surface area contributed by atoms with E-state index in [-0.39, 0.29) is 12.1 Å². The number of carboxylic acids is 1. The fraction of sp³-hybridized carbons (Fsp3) is 0.118. The van der Waals surface area contributed by atoms with E-state index in [1.807, 2.05) is 22.6 Å². The van der Waals surface area contributed by atoms with Crippen LogP contribution in [0.1, 0.15) is 11.1 Å². The van der Waals surface area contributed by atoms with Gasteiger partial charge >= 0.3 is 5.97 Å². The van der Waals surface area contributed by atoms with E-state index in [1.165, 1.54) is 24.4 Å². The predicted octanol–water partition coefficient (Wildman–Crippen LogP) is 2.36. The Hall–Kier alpha value is -3.02. The maximum Gasteiger partial charge on any atom is 0.341 e. The second-order valence-corrected chi connectivity index (χ2v) is 6.39. The number of amides is 1. The van der Waals surface area contributed by atoms with E-state index in [9.17, 15) is 19.7 Å². The molecule has 2 N–H and O–H groups in total. The second-order valence-electron chi connectivity index (χ2n) is 5.23. The van der Waals surface area contributed by atoms with Gasteiger partial charge in [0.1, 0.15) is 5.75 Å². The first-order valence-corrected chi connectivity index (χ1v) is 8.63. The molecule has 0 atom stereocenters. The highest BCUT2D eigenvalue weighted by molar-refractivity contribution is 14.1. The molecule has 0 saturated heterocycles. The second kappa shape index (κ2) is 9.62. The van der Waals surface area contributed by atoms with Gasteiger partial charge in [-0.25, -0.2) is 10.2 Å². The van der Waals surface area contributed by atoms with Gasteiger partial charge in [0.2, 0.25) is 5.91 Å². The van der Waals surface area contributed by atoms with Crippen LogP contribution in [-0.2, 0) is 16.0 Å². The summed E-state index contributed by atoms with van der Waals surface area (Å²) in [6.07, 6.45) is 1.23. The van der Waals surface area contributed by atoms with Crippen molar-refractivity contribution in [1.29, 1.82) is 0 Å². The predicted molar refractivity (Wildman–Crippen MR) is 105 cm³/mol. The van der Waals surface area contributed by atoms with Gasteiger partial charge in [-0.05, 0) is 46.4 Å². The summed E-state index contributed by atoms with van der Waals surface area (Å²) >= 11 is 1.99. The van der Waals surface area contributed by atoms with E-state index in [1.54, 1.807) is 24.3 Å². The lowest BCUT2D eigenvalue weighted by Gasteiger charge is -2.06. The summed E-state index contributed by atoms with van der Waals surface area (Å²) in [5.41, 5.74) is 3.15. The number of hydrogen-bond donors (Lipinski definition) is 2. The summed E-state index contributed by atoms with van der Waals surface area (Å²) < 4.78 is 5.80. The smallest absolute Gasteiger partial charge is 0.341 e. The molecule has 0 aliphatic carbocycles. The Balaban J connectivity index is 1.95. The molecule has 1 amide bonds. The van der Waals surface area contributed by atoms with Crippen LogP contribution in [0.2, 0.25) is 0 Å². The summed E-state index contributed by atoms with van der Waals surface area (Å²) in [6.45, 7) is -0.439. The Kier molecular flexibility index (Phi) is 7.23. The zero-order valence-corrected chi connectivity index (χ0v) is 16.0. The van der Waals surface area contributed by atoms with Gasteiger partial charge in [-0.15, -0.1) is 0 Å². The minimum Gasteiger partial charge on any atom is -0.481 e. The number of halogens is 1. The summed E-state index contributed by atoms with van der Waals surface area (Å²) in [7, 11) is 0. The molecule has 0 aliphatic heterocycles. The van der Waals surface area contributed by atoms with Gasteiger partial charge in [0.25, 0.3) is 5.69 Å². The molecule has 0 fully saturated rings. The number of carboxylic acid groups (broad SMARTS) is 1. The maximum absolute atomic E-state index is 11.9. The number of rotatable bonds is 8. The molecule has 0 saturated carbocycles. The highest BCUT2D eigenvalue weighted by Gasteiger charge is 2.15. The van der Waals surface area contributed by atoms with E-state index < -0.39 is 23.4 Å². The average molecular weight is 483 g/mol. The number of nitrogens with zero attached hydrogens (tertiary/aromatic N) is 2. The molecule has 140 valence electrons. The lowest BCUT2D eigenvalue weighted by molar-refractivity contribution is -0.385. The molecule has 0 aliphatic rings. The number of carbonyl (C=O) groups is 2. The average Bonchev–Trinajstić information content (AvgIpc) is 2.61. The van der Waals surface area contributed by atoms with Crippen LogP contribution in [0, 0.1) is 13.7 Å². The number of nitro groups is 1. The number of nitro benzene ring substituents is 1. The van der Waals surface area contributed by atoms with Gasteiger partial charge in [0, 0.05) is 11.6 Å². The van der Waals surface area contributed by atoms with Crippen LogP contribution in [0.5, 0.6) is 5.75 Å². The fourth-order valence-electron chi connectivity index (χ4n) is 2.08. The summed E-state index contributed by atoms with van der Waals surface area (Å²) in [6, 6.07) is 11.0. The Bertz CT molecular complexity index is 900. The largest absolute Gasteiger partial charge is 0.481 e. The number of benzene rings is 2. The first-order chi connectivity index (χ1) is 12.9. The molecule has 0 unspecified atom stereocenters. The molecular weight excluding hydrogens is 469 g/mol. The van der Waals surface area contributed by atoms with Crippen molar-refractivity contribution < 1.29 is 24.4 Å². The molecule has 0 bridgehead atoms. The SMILES string of the molecule is O=C(O)COc1ccc(C=NNC(=O)Cc2ccccc2[N+](=O)[O-])cc1I. The summed E-state index contributed by atoms with van der Waals surface area (Å²) in [4.78, 5) is 32.8. The van der Waals surface area contributed by atoms with Crippen molar-refractivity contribution in [3.63, 3.8) is 0 Å². The van der Waals surface area contributed by atoms with Crippen molar-refractivity contribution in [2.45, 2.75) is 6.42 Å². The monoisotopic (exact) mass is 483 g/mol. The van der Waals surface area contributed by atoms with Crippen LogP contribution >= 0.6 is 22.6 Å². The molecule has 9 nitrogen and oxygen atoms in total. The number of nitrogens with one attached hydrogen (secondary N) is 1. The van der Waals surface area contributed by atoms with Crippen molar-refractivity contribution in [3.05, 3.63) is 67.3 Å².